The smallest absolute Gasteiger partial charge is 0.499 e. The van der Waals surface area contributed by atoms with Crippen molar-refractivity contribution in [3.05, 3.63) is 132 Å². The maximum absolute atomic E-state index is 5.75. The minimum absolute atomic E-state index is 0. The van der Waals surface area contributed by atoms with Gasteiger partial charge in [-0.25, -0.2) is 4.98 Å². The van der Waals surface area contributed by atoms with Crippen molar-refractivity contribution in [1.29, 1.82) is 0 Å². The van der Waals surface area contributed by atoms with Gasteiger partial charge in [0.15, 0.2) is 0 Å². The molecule has 0 bridgehead atoms. The summed E-state index contributed by atoms with van der Waals surface area (Å²) in [6, 6.07) is 36.0. The van der Waals surface area contributed by atoms with Crippen molar-refractivity contribution in [3.63, 3.8) is 0 Å². The molecule has 3 aromatic carbocycles. The number of fused-ring (bicyclic) bond motifs is 3. The monoisotopic (exact) mass is 699 g/mol. The van der Waals surface area contributed by atoms with E-state index in [9.17, 15) is 0 Å². The Labute approximate surface area is 246 Å². The second-order valence-electron chi connectivity index (χ2n) is 9.46. The van der Waals surface area contributed by atoms with Crippen LogP contribution < -0.4 is 0 Å². The molecule has 3 aromatic heterocycles. The SMILES string of the molecule is C1=[N+](c2[c-]cc3oc4ncccc4c3c2)C=C[N+]=1c1ccccc1.Cc1c[c-]c(-c2cc(C)c(C)cn2)cc1.[Ir]. The predicted octanol–water partition coefficient (Wildman–Crippen LogP) is 7.90. The van der Waals surface area contributed by atoms with Gasteiger partial charge in [-0.15, -0.1) is 47.5 Å². The van der Waals surface area contributed by atoms with E-state index in [4.69, 9.17) is 4.42 Å². The third-order valence-corrected chi connectivity index (χ3v) is 6.66. The number of furan rings is 1. The van der Waals surface area contributed by atoms with Crippen LogP contribution in [0.25, 0.3) is 33.3 Å². The molecule has 0 N–H and O–H groups in total. The van der Waals surface area contributed by atoms with E-state index in [2.05, 4.69) is 73.1 Å². The van der Waals surface area contributed by atoms with Crippen molar-refractivity contribution in [1.82, 2.24) is 9.97 Å². The number of hydrogen-bond acceptors (Lipinski definition) is 3. The van der Waals surface area contributed by atoms with Gasteiger partial charge in [0.2, 0.25) is 11.4 Å². The molecule has 0 atom stereocenters. The number of aromatic nitrogens is 2. The number of aryl methyl sites for hydroxylation is 3. The Morgan fingerprint density at radius 2 is 1.60 bits per heavy atom. The maximum atomic E-state index is 5.75. The molecule has 0 saturated carbocycles. The summed E-state index contributed by atoms with van der Waals surface area (Å²) >= 11 is 0. The van der Waals surface area contributed by atoms with Gasteiger partial charge in [-0.3, -0.25) is 0 Å². The van der Waals surface area contributed by atoms with E-state index in [0.29, 0.717) is 5.71 Å². The molecule has 0 spiro atoms. The van der Waals surface area contributed by atoms with Crippen LogP contribution in [0.4, 0.5) is 11.4 Å². The quantitative estimate of drug-likeness (QED) is 0.140. The maximum Gasteiger partial charge on any atom is 0.499 e. The van der Waals surface area contributed by atoms with Crippen LogP contribution >= 0.6 is 0 Å². The molecule has 7 rings (SSSR count). The van der Waals surface area contributed by atoms with Crippen molar-refractivity contribution in [2.75, 3.05) is 0 Å². The fourth-order valence-corrected chi connectivity index (χ4v) is 4.30. The van der Waals surface area contributed by atoms with Crippen molar-refractivity contribution in [2.24, 2.45) is 0 Å². The van der Waals surface area contributed by atoms with Crippen molar-refractivity contribution < 1.29 is 33.7 Å². The molecule has 0 amide bonds. The average Bonchev–Trinajstić information content (AvgIpc) is 3.61. The molecule has 5 nitrogen and oxygen atoms in total. The number of para-hydroxylation sites is 1. The van der Waals surface area contributed by atoms with E-state index in [1.54, 1.807) is 6.20 Å². The Kier molecular flexibility index (Phi) is 7.95. The van der Waals surface area contributed by atoms with Gasteiger partial charge < -0.3 is 9.40 Å². The predicted molar refractivity (Wildman–Crippen MR) is 154 cm³/mol. The molecule has 4 heterocycles. The van der Waals surface area contributed by atoms with Gasteiger partial charge in [0.05, 0.1) is 0 Å². The Hall–Kier alpha value is -4.47. The van der Waals surface area contributed by atoms with Crippen LogP contribution in [0, 0.1) is 32.9 Å². The van der Waals surface area contributed by atoms with Crippen LogP contribution in [0.3, 0.4) is 0 Å². The number of hydrogen-bond donors (Lipinski definition) is 0. The summed E-state index contributed by atoms with van der Waals surface area (Å²) in [6.45, 7) is 6.24. The number of nitrogens with zero attached hydrogens (tertiary/aromatic N) is 4. The number of rotatable bonds is 3. The zero-order valence-electron chi connectivity index (χ0n) is 22.3. The van der Waals surface area contributed by atoms with Crippen LogP contribution in [-0.2, 0) is 20.1 Å². The van der Waals surface area contributed by atoms with Crippen molar-refractivity contribution >= 4 is 39.5 Å². The fraction of sp³-hybridized carbons (Fsp3) is 0.0882. The Morgan fingerprint density at radius 1 is 0.775 bits per heavy atom. The normalized spacial score (nSPS) is 12.0. The van der Waals surface area contributed by atoms with Crippen molar-refractivity contribution in [2.45, 2.75) is 20.8 Å². The van der Waals surface area contributed by atoms with E-state index in [1.807, 2.05) is 82.3 Å². The van der Waals surface area contributed by atoms with Crippen LogP contribution in [0.2, 0.25) is 0 Å². The molecule has 197 valence electrons. The summed E-state index contributed by atoms with van der Waals surface area (Å²) in [5.74, 6) is 0. The molecule has 0 fully saturated rings. The van der Waals surface area contributed by atoms with Gasteiger partial charge in [0.25, 0.3) is 12.4 Å². The van der Waals surface area contributed by atoms with E-state index >= 15 is 0 Å². The molecule has 0 saturated heterocycles. The minimum Gasteiger partial charge on any atom is -0.502 e. The molecule has 6 aromatic rings. The first-order valence-corrected chi connectivity index (χ1v) is 12.7. The zero-order chi connectivity index (χ0) is 26.8. The van der Waals surface area contributed by atoms with Gasteiger partial charge in [-0.1, -0.05) is 57.4 Å². The van der Waals surface area contributed by atoms with Crippen LogP contribution in [0.5, 0.6) is 0 Å². The molecule has 40 heavy (non-hydrogen) atoms. The number of pyridine rings is 2. The summed E-state index contributed by atoms with van der Waals surface area (Å²) in [4.78, 5) is 8.67. The van der Waals surface area contributed by atoms with Gasteiger partial charge in [0.1, 0.15) is 5.69 Å². The van der Waals surface area contributed by atoms with Crippen molar-refractivity contribution in [3.8, 4) is 11.3 Å². The summed E-state index contributed by atoms with van der Waals surface area (Å²) in [5, 5.41) is 2.03. The van der Waals surface area contributed by atoms with Crippen LogP contribution in [-0.4, -0.2) is 25.1 Å². The van der Waals surface area contributed by atoms with Gasteiger partial charge in [-0.05, 0) is 37.2 Å². The third-order valence-electron chi connectivity index (χ3n) is 6.66. The van der Waals surface area contributed by atoms with Crippen LogP contribution in [0.1, 0.15) is 16.7 Å². The van der Waals surface area contributed by atoms with E-state index in [0.717, 1.165) is 39.0 Å². The molecule has 6 heteroatoms. The second-order valence-corrected chi connectivity index (χ2v) is 9.46. The standard InChI is InChI=1S/C20H12N3O.C14H14N.Ir/c1-2-5-15(6-3-1)22-11-12-23(14-22)16-8-9-19-18(13-16)17-7-4-10-21-20(17)24-19;1-10-4-6-13(7-5-10)14-8-11(2)12(3)9-15-14;/h1-7,9-13H;4-6,8-9H,1-3H3;/q+1;-1;. The molecular weight excluding hydrogens is 673 g/mol. The average molecular weight is 699 g/mol. The summed E-state index contributed by atoms with van der Waals surface area (Å²) < 4.78 is 9.62. The Balaban J connectivity index is 0.000000175. The molecule has 0 aliphatic carbocycles. The first-order valence-electron chi connectivity index (χ1n) is 12.7. The van der Waals surface area contributed by atoms with Gasteiger partial charge in [0, 0.05) is 55.6 Å². The minimum atomic E-state index is 0. The fourth-order valence-electron chi connectivity index (χ4n) is 4.30. The Morgan fingerprint density at radius 3 is 2.38 bits per heavy atom. The third kappa shape index (κ3) is 5.61. The largest absolute Gasteiger partial charge is 0.502 e. The second kappa shape index (κ2) is 11.7. The molecule has 1 aliphatic heterocycles. The zero-order valence-corrected chi connectivity index (χ0v) is 24.7. The topological polar surface area (TPSA) is 44.9 Å². The van der Waals surface area contributed by atoms with Crippen LogP contribution in [0.15, 0.2) is 108 Å². The van der Waals surface area contributed by atoms with Gasteiger partial charge >= 0.3 is 6.01 Å². The molecular formula is C34H26IrN4O. The first kappa shape index (κ1) is 27.1. The molecule has 1 radical (unpaired) electrons. The first-order chi connectivity index (χ1) is 19.0. The van der Waals surface area contributed by atoms with E-state index in [-0.39, 0.29) is 20.1 Å². The summed E-state index contributed by atoms with van der Waals surface area (Å²) in [7, 11) is 0. The van der Waals surface area contributed by atoms with Gasteiger partial charge in [-0.2, -0.15) is 0 Å². The summed E-state index contributed by atoms with van der Waals surface area (Å²) in [6.07, 6.45) is 7.59. The van der Waals surface area contributed by atoms with E-state index in [1.165, 1.54) is 16.7 Å². The molecule has 1 aliphatic rings. The Bertz CT molecular complexity index is 1920. The molecule has 0 unspecified atom stereocenters. The number of benzene rings is 3. The summed E-state index contributed by atoms with van der Waals surface area (Å²) in [5.41, 5.74) is 9.19. The van der Waals surface area contributed by atoms with E-state index < -0.39 is 0 Å².